The zero-order valence-electron chi connectivity index (χ0n) is 12.2. The molecule has 0 aliphatic heterocycles. The minimum Gasteiger partial charge on any atom is -0.484 e. The Bertz CT molecular complexity index is 496. The molecular formula is C16H23O2P. The molecule has 0 heterocycles. The molecule has 2 nitrogen and oxygen atoms in total. The summed E-state index contributed by atoms with van der Waals surface area (Å²) in [6.07, 6.45) is 2.89. The first kappa shape index (κ1) is 14.5. The molecule has 0 N–H and O–H groups in total. The SMILES string of the molecule is CCc1cc(C2(C(C)=O)CC2)ccc1OC(C)(C)P. The van der Waals surface area contributed by atoms with Gasteiger partial charge in [0.1, 0.15) is 16.9 Å². The first-order chi connectivity index (χ1) is 8.78. The van der Waals surface area contributed by atoms with Crippen LogP contribution in [0.2, 0.25) is 0 Å². The lowest BCUT2D eigenvalue weighted by Crippen LogP contribution is -2.21. The van der Waals surface area contributed by atoms with Gasteiger partial charge in [-0.2, -0.15) is 0 Å². The fraction of sp³-hybridized carbons (Fsp3) is 0.562. The summed E-state index contributed by atoms with van der Waals surface area (Å²) in [6, 6.07) is 6.22. The highest BCUT2D eigenvalue weighted by Gasteiger charge is 2.48. The van der Waals surface area contributed by atoms with Crippen LogP contribution >= 0.6 is 9.24 Å². The van der Waals surface area contributed by atoms with E-state index in [0.717, 1.165) is 30.6 Å². The zero-order valence-corrected chi connectivity index (χ0v) is 13.4. The summed E-state index contributed by atoms with van der Waals surface area (Å²) < 4.78 is 5.95. The first-order valence-corrected chi connectivity index (χ1v) is 7.48. The number of rotatable bonds is 5. The average molecular weight is 278 g/mol. The number of aryl methyl sites for hydroxylation is 1. The minimum atomic E-state index is -0.275. The lowest BCUT2D eigenvalue weighted by atomic mass is 9.90. The van der Waals surface area contributed by atoms with Crippen molar-refractivity contribution in [2.75, 3.05) is 0 Å². The second-order valence-corrected chi connectivity index (χ2v) is 7.41. The Balaban J connectivity index is 2.34. The van der Waals surface area contributed by atoms with Gasteiger partial charge < -0.3 is 4.74 Å². The number of carbonyl (C=O) groups excluding carboxylic acids is 1. The molecule has 1 aliphatic rings. The van der Waals surface area contributed by atoms with Crippen molar-refractivity contribution in [3.63, 3.8) is 0 Å². The van der Waals surface area contributed by atoms with Gasteiger partial charge in [0, 0.05) is 0 Å². The van der Waals surface area contributed by atoms with Crippen LogP contribution < -0.4 is 4.74 Å². The highest BCUT2D eigenvalue weighted by molar-refractivity contribution is 7.18. The van der Waals surface area contributed by atoms with Crippen LogP contribution in [0.5, 0.6) is 5.75 Å². The van der Waals surface area contributed by atoms with Gasteiger partial charge in [-0.05, 0) is 57.2 Å². The third kappa shape index (κ3) is 3.00. The summed E-state index contributed by atoms with van der Waals surface area (Å²) in [5, 5.41) is -0.275. The lowest BCUT2D eigenvalue weighted by Gasteiger charge is -2.24. The molecule has 2 rings (SSSR count). The van der Waals surface area contributed by atoms with Crippen molar-refractivity contribution in [3.05, 3.63) is 29.3 Å². The van der Waals surface area contributed by atoms with E-state index in [4.69, 9.17) is 4.74 Å². The smallest absolute Gasteiger partial charge is 0.140 e. The van der Waals surface area contributed by atoms with Crippen molar-refractivity contribution in [3.8, 4) is 5.75 Å². The Hall–Kier alpha value is -0.880. The van der Waals surface area contributed by atoms with E-state index in [1.54, 1.807) is 6.92 Å². The molecule has 0 bridgehead atoms. The topological polar surface area (TPSA) is 26.3 Å². The van der Waals surface area contributed by atoms with E-state index in [1.807, 2.05) is 19.9 Å². The molecule has 19 heavy (non-hydrogen) atoms. The van der Waals surface area contributed by atoms with Gasteiger partial charge in [0.05, 0.1) is 5.41 Å². The van der Waals surface area contributed by atoms with Crippen molar-refractivity contribution < 1.29 is 9.53 Å². The molecule has 0 radical (unpaired) electrons. The first-order valence-electron chi connectivity index (χ1n) is 6.91. The normalized spacial score (nSPS) is 17.1. The standard InChI is InChI=1S/C16H23O2P/c1-5-12-10-13(16(8-9-16)11(2)17)6-7-14(12)18-15(3,4)19/h6-7,10H,5,8-9,19H2,1-4H3. The van der Waals surface area contributed by atoms with Crippen LogP contribution in [-0.4, -0.2) is 11.1 Å². The zero-order chi connectivity index (χ0) is 14.3. The molecule has 1 aliphatic carbocycles. The Kier molecular flexibility index (Phi) is 3.75. The van der Waals surface area contributed by atoms with E-state index >= 15 is 0 Å². The summed E-state index contributed by atoms with van der Waals surface area (Å²) in [4.78, 5) is 11.8. The lowest BCUT2D eigenvalue weighted by molar-refractivity contribution is -0.119. The summed E-state index contributed by atoms with van der Waals surface area (Å²) in [5.41, 5.74) is 2.14. The molecule has 104 valence electrons. The molecule has 3 heteroatoms. The molecule has 1 saturated carbocycles. The maximum atomic E-state index is 11.8. The van der Waals surface area contributed by atoms with Gasteiger partial charge in [-0.1, -0.05) is 28.3 Å². The van der Waals surface area contributed by atoms with E-state index in [1.165, 1.54) is 5.56 Å². The molecule has 0 spiro atoms. The van der Waals surface area contributed by atoms with Crippen LogP contribution in [0.15, 0.2) is 18.2 Å². The molecular weight excluding hydrogens is 255 g/mol. The van der Waals surface area contributed by atoms with E-state index in [9.17, 15) is 4.79 Å². The maximum Gasteiger partial charge on any atom is 0.140 e. The van der Waals surface area contributed by atoms with Crippen LogP contribution in [-0.2, 0) is 16.6 Å². The third-order valence-corrected chi connectivity index (χ3v) is 3.91. The fourth-order valence-electron chi connectivity index (χ4n) is 2.51. The highest BCUT2D eigenvalue weighted by Crippen LogP contribution is 2.49. The molecule has 0 saturated heterocycles. The number of hydrogen-bond acceptors (Lipinski definition) is 2. The van der Waals surface area contributed by atoms with E-state index < -0.39 is 0 Å². The minimum absolute atomic E-state index is 0.196. The fourth-order valence-corrected chi connectivity index (χ4v) is 2.63. The number of hydrogen-bond donors (Lipinski definition) is 0. The Labute approximate surface area is 118 Å². The van der Waals surface area contributed by atoms with E-state index in [-0.39, 0.29) is 16.5 Å². The van der Waals surface area contributed by atoms with Gasteiger partial charge in [0.2, 0.25) is 0 Å². The Morgan fingerprint density at radius 2 is 2.05 bits per heavy atom. The highest BCUT2D eigenvalue weighted by atomic mass is 31.0. The molecule has 1 atom stereocenters. The van der Waals surface area contributed by atoms with Crippen LogP contribution in [0.4, 0.5) is 0 Å². The van der Waals surface area contributed by atoms with Crippen molar-refractivity contribution in [1.82, 2.24) is 0 Å². The van der Waals surface area contributed by atoms with Crippen LogP contribution in [0.1, 0.15) is 51.7 Å². The largest absolute Gasteiger partial charge is 0.484 e. The monoisotopic (exact) mass is 278 g/mol. The van der Waals surface area contributed by atoms with Crippen molar-refractivity contribution in [2.24, 2.45) is 0 Å². The summed E-state index contributed by atoms with van der Waals surface area (Å²) in [7, 11) is 2.69. The Morgan fingerprint density at radius 1 is 1.42 bits per heavy atom. The number of carbonyl (C=O) groups is 1. The van der Waals surface area contributed by atoms with Gasteiger partial charge in [0.15, 0.2) is 0 Å². The molecule has 1 fully saturated rings. The van der Waals surface area contributed by atoms with Crippen molar-refractivity contribution in [1.29, 1.82) is 0 Å². The van der Waals surface area contributed by atoms with Gasteiger partial charge in [-0.3, -0.25) is 4.79 Å². The second kappa shape index (κ2) is 4.90. The molecule has 1 unspecified atom stereocenters. The summed E-state index contributed by atoms with van der Waals surface area (Å²) in [6.45, 7) is 7.86. The molecule has 0 aromatic heterocycles. The third-order valence-electron chi connectivity index (χ3n) is 3.79. The number of ether oxygens (including phenoxy) is 1. The van der Waals surface area contributed by atoms with Crippen LogP contribution in [0.3, 0.4) is 0 Å². The van der Waals surface area contributed by atoms with Gasteiger partial charge >= 0.3 is 0 Å². The van der Waals surface area contributed by atoms with Crippen LogP contribution in [0, 0.1) is 0 Å². The molecule has 1 aromatic rings. The van der Waals surface area contributed by atoms with Gasteiger partial charge in [-0.25, -0.2) is 0 Å². The van der Waals surface area contributed by atoms with Crippen molar-refractivity contribution in [2.45, 2.75) is 57.7 Å². The van der Waals surface area contributed by atoms with Gasteiger partial charge in [0.25, 0.3) is 0 Å². The quantitative estimate of drug-likeness (QED) is 0.764. The summed E-state index contributed by atoms with van der Waals surface area (Å²) in [5.74, 6) is 1.21. The predicted octanol–water partition coefficient (Wildman–Crippen LogP) is 3.86. The van der Waals surface area contributed by atoms with Gasteiger partial charge in [-0.15, -0.1) is 0 Å². The van der Waals surface area contributed by atoms with E-state index in [0.29, 0.717) is 0 Å². The predicted molar refractivity (Wildman–Crippen MR) is 81.8 cm³/mol. The van der Waals surface area contributed by atoms with Crippen LogP contribution in [0.25, 0.3) is 0 Å². The summed E-state index contributed by atoms with van der Waals surface area (Å²) >= 11 is 0. The second-order valence-electron chi connectivity index (χ2n) is 6.02. The molecule has 0 amide bonds. The molecule has 1 aromatic carbocycles. The Morgan fingerprint density at radius 3 is 2.47 bits per heavy atom. The number of ketones is 1. The van der Waals surface area contributed by atoms with Crippen molar-refractivity contribution >= 4 is 15.0 Å². The number of Topliss-reactive ketones (excluding diaryl/α,β-unsaturated/α-hetero) is 1. The number of benzene rings is 1. The van der Waals surface area contributed by atoms with E-state index in [2.05, 4.69) is 28.3 Å². The average Bonchev–Trinajstić information content (AvgIpc) is 3.08. The maximum absolute atomic E-state index is 11.8.